The highest BCUT2D eigenvalue weighted by Crippen LogP contribution is 2.19. The Morgan fingerprint density at radius 3 is 2.88 bits per heavy atom. The molecule has 1 aromatic heterocycles. The number of piperidine rings is 1. The zero-order valence-electron chi connectivity index (χ0n) is 9.85. The first-order chi connectivity index (χ1) is 7.65. The van der Waals surface area contributed by atoms with E-state index in [1.54, 1.807) is 12.4 Å². The normalized spacial score (nSPS) is 26.6. The summed E-state index contributed by atoms with van der Waals surface area (Å²) in [6.45, 7) is 4.52. The molecule has 1 aliphatic rings. The van der Waals surface area contributed by atoms with E-state index in [1.165, 1.54) is 0 Å². The molecular weight excluding hydrogens is 202 g/mol. The minimum absolute atomic E-state index is 0.460. The molecule has 0 saturated carbocycles. The maximum Gasteiger partial charge on any atom is 0.144 e. The van der Waals surface area contributed by atoms with Crippen molar-refractivity contribution in [1.29, 1.82) is 0 Å². The third-order valence-corrected chi connectivity index (χ3v) is 3.11. The Morgan fingerprint density at radius 1 is 1.44 bits per heavy atom. The van der Waals surface area contributed by atoms with Crippen LogP contribution in [0.2, 0.25) is 0 Å². The third-order valence-electron chi connectivity index (χ3n) is 3.11. The van der Waals surface area contributed by atoms with Gasteiger partial charge in [-0.1, -0.05) is 6.92 Å². The summed E-state index contributed by atoms with van der Waals surface area (Å²) < 4.78 is 0. The molecule has 0 radical (unpaired) electrons. The molecule has 0 spiro atoms. The van der Waals surface area contributed by atoms with Gasteiger partial charge in [-0.15, -0.1) is 0 Å². The van der Waals surface area contributed by atoms with E-state index in [0.29, 0.717) is 17.8 Å². The lowest BCUT2D eigenvalue weighted by Crippen LogP contribution is -2.43. The second-order valence-electron chi connectivity index (χ2n) is 4.61. The minimum atomic E-state index is 0.460. The van der Waals surface area contributed by atoms with Gasteiger partial charge < -0.3 is 16.0 Å². The first-order valence-electron chi connectivity index (χ1n) is 5.68. The van der Waals surface area contributed by atoms with Gasteiger partial charge in [0.05, 0.1) is 12.4 Å². The van der Waals surface area contributed by atoms with Gasteiger partial charge in [0, 0.05) is 12.6 Å². The monoisotopic (exact) mass is 221 g/mol. The highest BCUT2D eigenvalue weighted by Gasteiger charge is 2.24. The lowest BCUT2D eigenvalue weighted by molar-refractivity contribution is 0.206. The summed E-state index contributed by atoms with van der Waals surface area (Å²) in [5.41, 5.74) is 5.50. The van der Waals surface area contributed by atoms with E-state index >= 15 is 0 Å². The summed E-state index contributed by atoms with van der Waals surface area (Å²) in [4.78, 5) is 10.6. The number of anilines is 2. The minimum Gasteiger partial charge on any atom is -0.382 e. The summed E-state index contributed by atoms with van der Waals surface area (Å²) >= 11 is 0. The molecular formula is C11H19N5. The molecule has 0 aliphatic carbocycles. The van der Waals surface area contributed by atoms with Gasteiger partial charge in [-0.2, -0.15) is 0 Å². The molecule has 16 heavy (non-hydrogen) atoms. The van der Waals surface area contributed by atoms with Crippen molar-refractivity contribution in [3.8, 4) is 0 Å². The van der Waals surface area contributed by atoms with Crippen LogP contribution < -0.4 is 11.1 Å². The summed E-state index contributed by atoms with van der Waals surface area (Å²) in [6.07, 6.45) is 4.42. The lowest BCUT2D eigenvalue weighted by atomic mass is 9.94. The number of nitrogens with two attached hydrogens (primary N) is 1. The molecule has 1 fully saturated rings. The Hall–Kier alpha value is -1.36. The van der Waals surface area contributed by atoms with Crippen LogP contribution in [0.3, 0.4) is 0 Å². The van der Waals surface area contributed by atoms with Crippen molar-refractivity contribution in [3.05, 3.63) is 12.4 Å². The van der Waals surface area contributed by atoms with Crippen LogP contribution in [0.4, 0.5) is 11.6 Å². The number of nitrogens with zero attached hydrogens (tertiary/aromatic N) is 3. The highest BCUT2D eigenvalue weighted by molar-refractivity contribution is 5.37. The summed E-state index contributed by atoms with van der Waals surface area (Å²) in [6, 6.07) is 0.481. The smallest absolute Gasteiger partial charge is 0.144 e. The van der Waals surface area contributed by atoms with E-state index in [0.717, 1.165) is 25.3 Å². The molecule has 1 aliphatic heterocycles. The van der Waals surface area contributed by atoms with Crippen molar-refractivity contribution in [2.75, 3.05) is 31.2 Å². The number of aromatic nitrogens is 2. The van der Waals surface area contributed by atoms with Gasteiger partial charge in [-0.3, -0.25) is 0 Å². The van der Waals surface area contributed by atoms with Crippen molar-refractivity contribution < 1.29 is 0 Å². The molecule has 0 amide bonds. The molecule has 2 heterocycles. The van der Waals surface area contributed by atoms with Gasteiger partial charge in [0.1, 0.15) is 11.6 Å². The molecule has 5 heteroatoms. The number of rotatable bonds is 2. The van der Waals surface area contributed by atoms with E-state index in [4.69, 9.17) is 5.73 Å². The van der Waals surface area contributed by atoms with E-state index in [9.17, 15) is 0 Å². The fraction of sp³-hybridized carbons (Fsp3) is 0.636. The van der Waals surface area contributed by atoms with Gasteiger partial charge in [-0.05, 0) is 25.9 Å². The zero-order chi connectivity index (χ0) is 11.5. The maximum atomic E-state index is 5.50. The molecule has 2 unspecified atom stereocenters. The molecule has 2 atom stereocenters. The predicted molar refractivity (Wildman–Crippen MR) is 65.1 cm³/mol. The number of nitrogens with one attached hydrogen (secondary N) is 1. The van der Waals surface area contributed by atoms with Crippen LogP contribution in [0, 0.1) is 5.92 Å². The van der Waals surface area contributed by atoms with Crippen LogP contribution in [-0.4, -0.2) is 41.0 Å². The van der Waals surface area contributed by atoms with Crippen LogP contribution in [-0.2, 0) is 0 Å². The number of hydrogen-bond donors (Lipinski definition) is 2. The maximum absolute atomic E-state index is 5.50. The van der Waals surface area contributed by atoms with Gasteiger partial charge in [0.15, 0.2) is 0 Å². The summed E-state index contributed by atoms with van der Waals surface area (Å²) in [5, 5.41) is 3.42. The first-order valence-corrected chi connectivity index (χ1v) is 5.68. The van der Waals surface area contributed by atoms with E-state index < -0.39 is 0 Å². The van der Waals surface area contributed by atoms with Crippen molar-refractivity contribution in [1.82, 2.24) is 14.9 Å². The summed E-state index contributed by atoms with van der Waals surface area (Å²) in [5.74, 6) is 1.90. The fourth-order valence-corrected chi connectivity index (χ4v) is 2.17. The molecule has 2 rings (SSSR count). The quantitative estimate of drug-likeness (QED) is 0.773. The molecule has 0 aromatic carbocycles. The number of nitrogen functional groups attached to an aromatic ring is 1. The van der Waals surface area contributed by atoms with Gasteiger partial charge >= 0.3 is 0 Å². The van der Waals surface area contributed by atoms with Crippen LogP contribution >= 0.6 is 0 Å². The van der Waals surface area contributed by atoms with Crippen LogP contribution in [0.5, 0.6) is 0 Å². The van der Waals surface area contributed by atoms with Crippen LogP contribution in [0.15, 0.2) is 12.4 Å². The first kappa shape index (κ1) is 11.1. The number of likely N-dealkylation sites (tertiary alicyclic amines) is 1. The molecule has 3 N–H and O–H groups in total. The number of hydrogen-bond acceptors (Lipinski definition) is 5. The highest BCUT2D eigenvalue weighted by atomic mass is 15.1. The fourth-order valence-electron chi connectivity index (χ4n) is 2.17. The zero-order valence-corrected chi connectivity index (χ0v) is 9.85. The van der Waals surface area contributed by atoms with Gasteiger partial charge in [0.2, 0.25) is 0 Å². The lowest BCUT2D eigenvalue weighted by Gasteiger charge is -2.35. The topological polar surface area (TPSA) is 67.1 Å². The van der Waals surface area contributed by atoms with Crippen molar-refractivity contribution in [2.45, 2.75) is 19.4 Å². The van der Waals surface area contributed by atoms with Gasteiger partial charge in [0.25, 0.3) is 0 Å². The molecule has 1 aromatic rings. The average molecular weight is 221 g/mol. The van der Waals surface area contributed by atoms with E-state index in [-0.39, 0.29) is 0 Å². The Kier molecular flexibility index (Phi) is 3.24. The molecule has 5 nitrogen and oxygen atoms in total. The Morgan fingerprint density at radius 2 is 2.25 bits per heavy atom. The second-order valence-corrected chi connectivity index (χ2v) is 4.61. The van der Waals surface area contributed by atoms with E-state index in [2.05, 4.69) is 34.2 Å². The Bertz CT molecular complexity index is 337. The van der Waals surface area contributed by atoms with Crippen molar-refractivity contribution >= 4 is 11.6 Å². The SMILES string of the molecule is CC1CN(C)CCC1Nc1cnc(N)cn1. The third kappa shape index (κ3) is 2.61. The largest absolute Gasteiger partial charge is 0.382 e. The van der Waals surface area contributed by atoms with Crippen molar-refractivity contribution in [2.24, 2.45) is 5.92 Å². The molecule has 0 bridgehead atoms. The standard InChI is InChI=1S/C11H19N5/c1-8-7-16(2)4-3-9(8)15-11-6-13-10(12)5-14-11/h5-6,8-9H,3-4,7H2,1-2H3,(H2,12,13)(H,14,15). The Balaban J connectivity index is 1.96. The molecule has 88 valence electrons. The Labute approximate surface area is 96.1 Å². The predicted octanol–water partition coefficient (Wildman–Crippen LogP) is 0.811. The van der Waals surface area contributed by atoms with E-state index in [1.807, 2.05) is 0 Å². The average Bonchev–Trinajstić information content (AvgIpc) is 2.25. The van der Waals surface area contributed by atoms with Crippen LogP contribution in [0.1, 0.15) is 13.3 Å². The van der Waals surface area contributed by atoms with Crippen molar-refractivity contribution in [3.63, 3.8) is 0 Å². The second kappa shape index (κ2) is 4.65. The van der Waals surface area contributed by atoms with Gasteiger partial charge in [-0.25, -0.2) is 9.97 Å². The summed E-state index contributed by atoms with van der Waals surface area (Å²) in [7, 11) is 2.16. The van der Waals surface area contributed by atoms with Crippen LogP contribution in [0.25, 0.3) is 0 Å². The molecule has 1 saturated heterocycles.